The van der Waals surface area contributed by atoms with Gasteiger partial charge in [-0.25, -0.2) is 4.98 Å². The Kier molecular flexibility index (Phi) is 6.58. The quantitative estimate of drug-likeness (QED) is 0.305. The molecule has 27 heavy (non-hydrogen) atoms. The SMILES string of the molecule is COc1ccccc1CCC(=O)OCc1cc2ccc(SC)cc2nc1Cl. The summed E-state index contributed by atoms with van der Waals surface area (Å²) in [6.45, 7) is 0.108. The highest BCUT2D eigenvalue weighted by molar-refractivity contribution is 7.98. The summed E-state index contributed by atoms with van der Waals surface area (Å²) in [5.41, 5.74) is 2.51. The number of methoxy groups -OCH3 is 1. The van der Waals surface area contributed by atoms with Crippen molar-refractivity contribution in [2.24, 2.45) is 0 Å². The van der Waals surface area contributed by atoms with Gasteiger partial charge in [-0.2, -0.15) is 0 Å². The topological polar surface area (TPSA) is 48.4 Å². The second-order valence-corrected chi connectivity index (χ2v) is 7.21. The number of benzene rings is 2. The van der Waals surface area contributed by atoms with E-state index in [9.17, 15) is 4.79 Å². The summed E-state index contributed by atoms with van der Waals surface area (Å²) in [5, 5.41) is 1.33. The van der Waals surface area contributed by atoms with Crippen LogP contribution in [0.2, 0.25) is 5.15 Å². The zero-order valence-corrected chi connectivity index (χ0v) is 16.8. The van der Waals surface area contributed by atoms with Crippen molar-refractivity contribution in [1.29, 1.82) is 0 Å². The first kappa shape index (κ1) is 19.5. The molecule has 0 fully saturated rings. The summed E-state index contributed by atoms with van der Waals surface area (Å²) in [7, 11) is 1.62. The molecule has 0 bridgehead atoms. The Labute approximate surface area is 167 Å². The Bertz CT molecular complexity index is 961. The monoisotopic (exact) mass is 401 g/mol. The number of fused-ring (bicyclic) bond motifs is 1. The zero-order chi connectivity index (χ0) is 19.2. The van der Waals surface area contributed by atoms with Crippen molar-refractivity contribution in [2.45, 2.75) is 24.3 Å². The second-order valence-electron chi connectivity index (χ2n) is 5.97. The van der Waals surface area contributed by atoms with Crippen molar-refractivity contribution in [1.82, 2.24) is 4.98 Å². The number of carbonyl (C=O) groups excluding carboxylic acids is 1. The van der Waals surface area contributed by atoms with Gasteiger partial charge in [0.25, 0.3) is 0 Å². The first-order chi connectivity index (χ1) is 13.1. The molecule has 0 atom stereocenters. The van der Waals surface area contributed by atoms with Crippen LogP contribution in [0, 0.1) is 0 Å². The first-order valence-corrected chi connectivity index (χ1v) is 10.1. The fourth-order valence-corrected chi connectivity index (χ4v) is 3.41. The maximum atomic E-state index is 12.1. The number of halogens is 1. The van der Waals surface area contributed by atoms with E-state index < -0.39 is 0 Å². The molecular weight excluding hydrogens is 382 g/mol. The predicted molar refractivity (Wildman–Crippen MR) is 110 cm³/mol. The number of hydrogen-bond donors (Lipinski definition) is 0. The van der Waals surface area contributed by atoms with E-state index in [2.05, 4.69) is 4.98 Å². The van der Waals surface area contributed by atoms with Crippen LogP contribution in [0.3, 0.4) is 0 Å². The number of pyridine rings is 1. The van der Waals surface area contributed by atoms with Crippen LogP contribution in [-0.4, -0.2) is 24.3 Å². The summed E-state index contributed by atoms with van der Waals surface area (Å²) in [6, 6.07) is 15.6. The summed E-state index contributed by atoms with van der Waals surface area (Å²) in [6.07, 6.45) is 2.85. The van der Waals surface area contributed by atoms with Gasteiger partial charge in [-0.15, -0.1) is 11.8 Å². The number of rotatable bonds is 7. The van der Waals surface area contributed by atoms with Gasteiger partial charge in [0.15, 0.2) is 0 Å². The summed E-state index contributed by atoms with van der Waals surface area (Å²) < 4.78 is 10.7. The van der Waals surface area contributed by atoms with Gasteiger partial charge >= 0.3 is 5.97 Å². The van der Waals surface area contributed by atoms with Crippen molar-refractivity contribution in [3.8, 4) is 5.75 Å². The van der Waals surface area contributed by atoms with Crippen molar-refractivity contribution in [3.63, 3.8) is 0 Å². The van der Waals surface area contributed by atoms with E-state index in [1.54, 1.807) is 18.9 Å². The van der Waals surface area contributed by atoms with Crippen LogP contribution in [0.1, 0.15) is 17.5 Å². The Hall–Kier alpha value is -2.24. The zero-order valence-electron chi connectivity index (χ0n) is 15.2. The molecule has 3 aromatic rings. The summed E-state index contributed by atoms with van der Waals surface area (Å²) >= 11 is 7.92. The number of nitrogens with zero attached hydrogens (tertiary/aromatic N) is 1. The average Bonchev–Trinajstić information content (AvgIpc) is 2.70. The van der Waals surface area contributed by atoms with Gasteiger partial charge in [-0.3, -0.25) is 4.79 Å². The third-order valence-electron chi connectivity index (χ3n) is 4.23. The van der Waals surface area contributed by atoms with Crippen LogP contribution < -0.4 is 4.74 Å². The maximum Gasteiger partial charge on any atom is 0.306 e. The first-order valence-electron chi connectivity index (χ1n) is 8.51. The fourth-order valence-electron chi connectivity index (χ4n) is 2.77. The lowest BCUT2D eigenvalue weighted by Gasteiger charge is -2.10. The van der Waals surface area contributed by atoms with Gasteiger partial charge < -0.3 is 9.47 Å². The largest absolute Gasteiger partial charge is 0.496 e. The predicted octanol–water partition coefficient (Wildman–Crippen LogP) is 5.29. The van der Waals surface area contributed by atoms with Crippen LogP contribution in [0.15, 0.2) is 53.4 Å². The molecule has 0 aliphatic carbocycles. The Balaban J connectivity index is 1.62. The lowest BCUT2D eigenvalue weighted by atomic mass is 10.1. The van der Waals surface area contributed by atoms with Crippen molar-refractivity contribution in [2.75, 3.05) is 13.4 Å². The van der Waals surface area contributed by atoms with Crippen LogP contribution >= 0.6 is 23.4 Å². The molecule has 0 unspecified atom stereocenters. The molecule has 0 spiro atoms. The minimum atomic E-state index is -0.283. The Morgan fingerprint density at radius 3 is 2.74 bits per heavy atom. The van der Waals surface area contributed by atoms with Crippen molar-refractivity contribution < 1.29 is 14.3 Å². The third-order valence-corrected chi connectivity index (χ3v) is 5.28. The molecule has 0 saturated heterocycles. The minimum absolute atomic E-state index is 0.108. The number of ether oxygens (including phenoxy) is 2. The summed E-state index contributed by atoms with van der Waals surface area (Å²) in [4.78, 5) is 17.7. The number of hydrogen-bond acceptors (Lipinski definition) is 5. The molecule has 0 radical (unpaired) electrons. The van der Waals surface area contributed by atoms with Crippen molar-refractivity contribution in [3.05, 3.63) is 64.8 Å². The molecule has 4 nitrogen and oxygen atoms in total. The molecule has 0 amide bonds. The average molecular weight is 402 g/mol. The van der Waals surface area contributed by atoms with Crippen LogP contribution in [-0.2, 0) is 22.6 Å². The van der Waals surface area contributed by atoms with Gasteiger partial charge in [0.05, 0.1) is 12.6 Å². The highest BCUT2D eigenvalue weighted by atomic mass is 35.5. The van der Waals surface area contributed by atoms with E-state index in [0.29, 0.717) is 17.1 Å². The molecule has 1 aromatic heterocycles. The van der Waals surface area contributed by atoms with Crippen LogP contribution in [0.4, 0.5) is 0 Å². The molecular formula is C21H20ClNO3S. The Morgan fingerprint density at radius 1 is 1.15 bits per heavy atom. The number of carbonyl (C=O) groups is 1. The molecule has 0 saturated carbocycles. The van der Waals surface area contributed by atoms with Gasteiger partial charge in [-0.05, 0) is 42.5 Å². The normalized spacial score (nSPS) is 10.8. The molecule has 6 heteroatoms. The van der Waals surface area contributed by atoms with Crippen molar-refractivity contribution >= 4 is 40.2 Å². The van der Waals surface area contributed by atoms with Gasteiger partial charge in [-0.1, -0.05) is 35.9 Å². The number of aromatic nitrogens is 1. The number of aryl methyl sites for hydroxylation is 1. The third kappa shape index (κ3) is 4.93. The molecule has 0 N–H and O–H groups in total. The van der Waals surface area contributed by atoms with E-state index in [4.69, 9.17) is 21.1 Å². The minimum Gasteiger partial charge on any atom is -0.496 e. The molecule has 140 valence electrons. The van der Waals surface area contributed by atoms with Gasteiger partial charge in [0.2, 0.25) is 0 Å². The molecule has 2 aromatic carbocycles. The van der Waals surface area contributed by atoms with Crippen LogP contribution in [0.5, 0.6) is 5.75 Å². The smallest absolute Gasteiger partial charge is 0.306 e. The maximum absolute atomic E-state index is 12.1. The number of esters is 1. The van der Waals surface area contributed by atoms with E-state index in [1.807, 2.05) is 54.8 Å². The molecule has 0 aliphatic rings. The van der Waals surface area contributed by atoms with E-state index in [-0.39, 0.29) is 19.0 Å². The standard InChI is InChI=1S/C21H20ClNO3S/c1-25-19-6-4-3-5-14(19)8-10-20(24)26-13-16-11-15-7-9-17(27-2)12-18(15)23-21(16)22/h3-7,9,11-12H,8,10,13H2,1-2H3. The summed E-state index contributed by atoms with van der Waals surface area (Å²) in [5.74, 6) is 0.492. The number of para-hydroxylation sites is 1. The lowest BCUT2D eigenvalue weighted by Crippen LogP contribution is -2.07. The van der Waals surface area contributed by atoms with Gasteiger partial charge in [0.1, 0.15) is 17.5 Å². The van der Waals surface area contributed by atoms with Crippen LogP contribution in [0.25, 0.3) is 10.9 Å². The lowest BCUT2D eigenvalue weighted by molar-refractivity contribution is -0.144. The Morgan fingerprint density at radius 2 is 1.96 bits per heavy atom. The molecule has 1 heterocycles. The van der Waals surface area contributed by atoms with E-state index in [1.165, 1.54) is 0 Å². The van der Waals surface area contributed by atoms with Gasteiger partial charge in [0, 0.05) is 22.3 Å². The highest BCUT2D eigenvalue weighted by Crippen LogP contribution is 2.25. The number of thioether (sulfide) groups is 1. The van der Waals surface area contributed by atoms with E-state index in [0.717, 1.165) is 27.1 Å². The fraction of sp³-hybridized carbons (Fsp3) is 0.238. The highest BCUT2D eigenvalue weighted by Gasteiger charge is 2.11. The second kappa shape index (κ2) is 9.11. The molecule has 0 aliphatic heterocycles. The molecule has 3 rings (SSSR count). The van der Waals surface area contributed by atoms with E-state index >= 15 is 0 Å².